The summed E-state index contributed by atoms with van der Waals surface area (Å²) >= 11 is 0. The molecule has 7 nitrogen and oxygen atoms in total. The van der Waals surface area contributed by atoms with Gasteiger partial charge in [-0.15, -0.1) is 0 Å². The van der Waals surface area contributed by atoms with Crippen molar-refractivity contribution in [3.05, 3.63) is 70.8 Å². The van der Waals surface area contributed by atoms with Crippen molar-refractivity contribution in [1.82, 2.24) is 20.9 Å². The summed E-state index contributed by atoms with van der Waals surface area (Å²) in [6.45, 7) is 7.00. The van der Waals surface area contributed by atoms with E-state index >= 15 is 0 Å². The van der Waals surface area contributed by atoms with Crippen molar-refractivity contribution in [2.75, 3.05) is 53.5 Å². The zero-order chi connectivity index (χ0) is 22.8. The summed E-state index contributed by atoms with van der Waals surface area (Å²) in [4.78, 5) is 18.7. The SMILES string of the molecule is CN=C(NCCc1cccc(C(=O)NC)c1)NCC(c1cccc(C)c1)N1CCOCC1. The van der Waals surface area contributed by atoms with Crippen molar-refractivity contribution in [3.8, 4) is 0 Å². The molecule has 1 amide bonds. The van der Waals surface area contributed by atoms with E-state index in [9.17, 15) is 4.79 Å². The van der Waals surface area contributed by atoms with Crippen molar-refractivity contribution in [1.29, 1.82) is 0 Å². The lowest BCUT2D eigenvalue weighted by atomic mass is 10.0. The number of morpholine rings is 1. The van der Waals surface area contributed by atoms with E-state index in [2.05, 4.69) is 57.0 Å². The number of aliphatic imine (C=N–C) groups is 1. The lowest BCUT2D eigenvalue weighted by Crippen LogP contribution is -2.46. The van der Waals surface area contributed by atoms with E-state index in [0.717, 1.165) is 57.3 Å². The van der Waals surface area contributed by atoms with Crippen LogP contribution in [0.1, 0.15) is 33.1 Å². The molecule has 3 rings (SSSR count). The molecular formula is C25H35N5O2. The minimum absolute atomic E-state index is 0.0670. The van der Waals surface area contributed by atoms with Gasteiger partial charge in [-0.2, -0.15) is 0 Å². The number of nitrogens with one attached hydrogen (secondary N) is 3. The first-order valence-corrected chi connectivity index (χ1v) is 11.2. The Morgan fingerprint density at radius 1 is 1.12 bits per heavy atom. The van der Waals surface area contributed by atoms with E-state index in [4.69, 9.17) is 4.74 Å². The number of hydrogen-bond donors (Lipinski definition) is 3. The molecule has 172 valence electrons. The maximum absolute atomic E-state index is 11.8. The maximum Gasteiger partial charge on any atom is 0.251 e. The summed E-state index contributed by atoms with van der Waals surface area (Å²) < 4.78 is 5.56. The first-order chi connectivity index (χ1) is 15.6. The molecule has 1 heterocycles. The van der Waals surface area contributed by atoms with E-state index in [1.165, 1.54) is 11.1 Å². The van der Waals surface area contributed by atoms with Crippen LogP contribution in [0.4, 0.5) is 0 Å². The van der Waals surface area contributed by atoms with Crippen LogP contribution in [0.3, 0.4) is 0 Å². The Bertz CT molecular complexity index is 909. The largest absolute Gasteiger partial charge is 0.379 e. The zero-order valence-corrected chi connectivity index (χ0v) is 19.4. The minimum atomic E-state index is -0.0670. The Balaban J connectivity index is 1.57. The number of nitrogens with zero attached hydrogens (tertiary/aromatic N) is 2. The van der Waals surface area contributed by atoms with Crippen molar-refractivity contribution in [2.45, 2.75) is 19.4 Å². The number of carbonyl (C=O) groups is 1. The molecule has 32 heavy (non-hydrogen) atoms. The number of ether oxygens (including phenoxy) is 1. The summed E-state index contributed by atoms with van der Waals surface area (Å²) in [5, 5.41) is 9.57. The monoisotopic (exact) mass is 437 g/mol. The highest BCUT2D eigenvalue weighted by Crippen LogP contribution is 2.22. The third-order valence-corrected chi connectivity index (χ3v) is 5.72. The van der Waals surface area contributed by atoms with Gasteiger partial charge in [0.15, 0.2) is 5.96 Å². The lowest BCUT2D eigenvalue weighted by molar-refractivity contribution is 0.0170. The van der Waals surface area contributed by atoms with Crippen molar-refractivity contribution >= 4 is 11.9 Å². The molecule has 1 saturated heterocycles. The molecular weight excluding hydrogens is 402 g/mol. The van der Waals surface area contributed by atoms with Gasteiger partial charge in [0.1, 0.15) is 0 Å². The molecule has 7 heteroatoms. The summed E-state index contributed by atoms with van der Waals surface area (Å²) in [6.07, 6.45) is 0.802. The van der Waals surface area contributed by atoms with Gasteiger partial charge < -0.3 is 20.7 Å². The van der Waals surface area contributed by atoms with Crippen molar-refractivity contribution in [2.24, 2.45) is 4.99 Å². The highest BCUT2D eigenvalue weighted by Gasteiger charge is 2.23. The van der Waals surface area contributed by atoms with Crippen molar-refractivity contribution < 1.29 is 9.53 Å². The molecule has 2 aromatic rings. The summed E-state index contributed by atoms with van der Waals surface area (Å²) in [6, 6.07) is 16.7. The standard InChI is InChI=1S/C25H35N5O2/c1-19-6-4-8-21(16-19)23(30-12-14-32-15-13-30)18-29-25(27-3)28-11-10-20-7-5-9-22(17-20)24(31)26-2/h4-9,16-17,23H,10-15,18H2,1-3H3,(H,26,31)(H2,27,28,29). The van der Waals surface area contributed by atoms with E-state index in [0.29, 0.717) is 5.56 Å². The Kier molecular flexibility index (Phi) is 9.07. The Morgan fingerprint density at radius 2 is 1.91 bits per heavy atom. The fourth-order valence-corrected chi connectivity index (χ4v) is 3.98. The predicted molar refractivity (Wildman–Crippen MR) is 129 cm³/mol. The average molecular weight is 438 g/mol. The third kappa shape index (κ3) is 6.80. The summed E-state index contributed by atoms with van der Waals surface area (Å²) in [7, 11) is 3.44. The van der Waals surface area contributed by atoms with Gasteiger partial charge in [-0.05, 0) is 36.6 Å². The molecule has 2 aromatic carbocycles. The van der Waals surface area contributed by atoms with Crippen LogP contribution in [0.25, 0.3) is 0 Å². The molecule has 0 aliphatic carbocycles. The van der Waals surface area contributed by atoms with Gasteiger partial charge in [-0.1, -0.05) is 42.0 Å². The molecule has 1 aliphatic heterocycles. The molecule has 0 aromatic heterocycles. The third-order valence-electron chi connectivity index (χ3n) is 5.72. The van der Waals surface area contributed by atoms with Crippen LogP contribution in [-0.2, 0) is 11.2 Å². The first kappa shape index (κ1) is 23.8. The van der Waals surface area contributed by atoms with Crippen LogP contribution >= 0.6 is 0 Å². The van der Waals surface area contributed by atoms with Crippen LogP contribution < -0.4 is 16.0 Å². The minimum Gasteiger partial charge on any atom is -0.379 e. The average Bonchev–Trinajstić information content (AvgIpc) is 2.83. The second-order valence-electron chi connectivity index (χ2n) is 7.99. The van der Waals surface area contributed by atoms with Gasteiger partial charge in [0.25, 0.3) is 5.91 Å². The highest BCUT2D eigenvalue weighted by atomic mass is 16.5. The zero-order valence-electron chi connectivity index (χ0n) is 19.4. The lowest BCUT2D eigenvalue weighted by Gasteiger charge is -2.35. The number of carbonyl (C=O) groups excluding carboxylic acids is 1. The predicted octanol–water partition coefficient (Wildman–Crippen LogP) is 2.14. The molecule has 0 saturated carbocycles. The van der Waals surface area contributed by atoms with Crippen LogP contribution in [-0.4, -0.2) is 70.3 Å². The molecule has 0 bridgehead atoms. The fourth-order valence-electron chi connectivity index (χ4n) is 3.98. The van der Waals surface area contributed by atoms with Gasteiger partial charge in [-0.3, -0.25) is 14.7 Å². The topological polar surface area (TPSA) is 78.0 Å². The second kappa shape index (κ2) is 12.2. The van der Waals surface area contributed by atoms with Crippen LogP contribution in [0.15, 0.2) is 53.5 Å². The highest BCUT2D eigenvalue weighted by molar-refractivity contribution is 5.94. The van der Waals surface area contributed by atoms with Gasteiger partial charge in [-0.25, -0.2) is 0 Å². The smallest absolute Gasteiger partial charge is 0.251 e. The Hall–Kier alpha value is -2.90. The summed E-state index contributed by atoms with van der Waals surface area (Å²) in [5.41, 5.74) is 4.36. The van der Waals surface area contributed by atoms with E-state index in [1.807, 2.05) is 24.3 Å². The van der Waals surface area contributed by atoms with Gasteiger partial charge in [0.2, 0.25) is 0 Å². The first-order valence-electron chi connectivity index (χ1n) is 11.2. The molecule has 1 aliphatic rings. The molecule has 1 unspecified atom stereocenters. The van der Waals surface area contributed by atoms with Gasteiger partial charge >= 0.3 is 0 Å². The van der Waals surface area contributed by atoms with Crippen molar-refractivity contribution in [3.63, 3.8) is 0 Å². The Morgan fingerprint density at radius 3 is 2.62 bits per heavy atom. The quantitative estimate of drug-likeness (QED) is 0.436. The van der Waals surface area contributed by atoms with E-state index in [-0.39, 0.29) is 11.9 Å². The fraction of sp³-hybridized carbons (Fsp3) is 0.440. The van der Waals surface area contributed by atoms with E-state index < -0.39 is 0 Å². The normalized spacial score (nSPS) is 15.8. The number of benzene rings is 2. The van der Waals surface area contributed by atoms with Gasteiger partial charge in [0.05, 0.1) is 19.3 Å². The number of aryl methyl sites for hydroxylation is 1. The Labute approximate surface area is 191 Å². The molecule has 0 spiro atoms. The van der Waals surface area contributed by atoms with Crippen LogP contribution in [0.5, 0.6) is 0 Å². The second-order valence-corrected chi connectivity index (χ2v) is 7.99. The molecule has 1 fully saturated rings. The summed E-state index contributed by atoms with van der Waals surface area (Å²) in [5.74, 6) is 0.709. The number of guanidine groups is 1. The number of amides is 1. The van der Waals surface area contributed by atoms with E-state index in [1.54, 1.807) is 14.1 Å². The molecule has 1 atom stereocenters. The maximum atomic E-state index is 11.8. The number of hydrogen-bond acceptors (Lipinski definition) is 4. The van der Waals surface area contributed by atoms with Crippen LogP contribution in [0, 0.1) is 6.92 Å². The van der Waals surface area contributed by atoms with Gasteiger partial charge in [0, 0.05) is 45.8 Å². The number of rotatable bonds is 8. The molecule has 3 N–H and O–H groups in total. The molecule has 0 radical (unpaired) electrons. The van der Waals surface area contributed by atoms with Crippen LogP contribution in [0.2, 0.25) is 0 Å².